The van der Waals surface area contributed by atoms with Crippen LogP contribution in [0.5, 0.6) is 0 Å². The normalized spacial score (nSPS) is 19.2. The van der Waals surface area contributed by atoms with Crippen LogP contribution in [0.1, 0.15) is 5.69 Å². The second-order valence-electron chi connectivity index (χ2n) is 3.83. The number of hydrogen-bond donors (Lipinski definition) is 1. The third-order valence-electron chi connectivity index (χ3n) is 2.49. The molecule has 1 fully saturated rings. The van der Waals surface area contributed by atoms with Crippen molar-refractivity contribution in [3.05, 3.63) is 11.1 Å². The zero-order chi connectivity index (χ0) is 12.5. The summed E-state index contributed by atoms with van der Waals surface area (Å²) in [7, 11) is -2.89. The van der Waals surface area contributed by atoms with Crippen LogP contribution in [0.3, 0.4) is 0 Å². The average Bonchev–Trinajstić information content (AvgIpc) is 2.65. The van der Waals surface area contributed by atoms with Gasteiger partial charge in [-0.1, -0.05) is 0 Å². The highest BCUT2D eigenvalue weighted by molar-refractivity contribution is 7.91. The lowest BCUT2D eigenvalue weighted by Crippen LogP contribution is -2.40. The van der Waals surface area contributed by atoms with E-state index in [-0.39, 0.29) is 17.9 Å². The van der Waals surface area contributed by atoms with Crippen molar-refractivity contribution in [3.63, 3.8) is 0 Å². The molecule has 1 aromatic rings. The van der Waals surface area contributed by atoms with E-state index in [1.165, 1.54) is 11.3 Å². The van der Waals surface area contributed by atoms with Crippen molar-refractivity contribution in [2.45, 2.75) is 6.42 Å². The summed E-state index contributed by atoms with van der Waals surface area (Å²) in [5.41, 5.74) is 0.519. The molecule has 1 saturated heterocycles. The van der Waals surface area contributed by atoms with Gasteiger partial charge in [-0.2, -0.15) is 0 Å². The van der Waals surface area contributed by atoms with Gasteiger partial charge in [0.05, 0.1) is 23.6 Å². The Morgan fingerprint density at radius 3 is 2.71 bits per heavy atom. The van der Waals surface area contributed by atoms with Crippen LogP contribution in [0.25, 0.3) is 0 Å². The van der Waals surface area contributed by atoms with Crippen LogP contribution < -0.4 is 4.90 Å². The van der Waals surface area contributed by atoms with Crippen molar-refractivity contribution < 1.29 is 18.3 Å². The Hall–Kier alpha value is -1.15. The molecule has 0 spiro atoms. The minimum absolute atomic E-state index is 0.0946. The first-order valence-corrected chi connectivity index (χ1v) is 7.78. The van der Waals surface area contributed by atoms with Gasteiger partial charge in [0.1, 0.15) is 0 Å². The van der Waals surface area contributed by atoms with E-state index in [4.69, 9.17) is 5.11 Å². The van der Waals surface area contributed by atoms with E-state index in [1.54, 1.807) is 5.38 Å². The number of carboxylic acids is 1. The third kappa shape index (κ3) is 3.16. The summed E-state index contributed by atoms with van der Waals surface area (Å²) >= 11 is 1.35. The first kappa shape index (κ1) is 12.3. The van der Waals surface area contributed by atoms with Gasteiger partial charge in [0, 0.05) is 18.5 Å². The lowest BCUT2D eigenvalue weighted by Gasteiger charge is -2.25. The zero-order valence-corrected chi connectivity index (χ0v) is 10.6. The average molecular weight is 276 g/mol. The summed E-state index contributed by atoms with van der Waals surface area (Å²) in [6.45, 7) is 0.866. The molecule has 1 aromatic heterocycles. The van der Waals surface area contributed by atoms with Crippen LogP contribution >= 0.6 is 11.3 Å². The highest BCUT2D eigenvalue weighted by atomic mass is 32.2. The fourth-order valence-electron chi connectivity index (χ4n) is 1.58. The third-order valence-corrected chi connectivity index (χ3v) is 5.05. The van der Waals surface area contributed by atoms with Crippen molar-refractivity contribution in [2.75, 3.05) is 29.5 Å². The number of hydrogen-bond acceptors (Lipinski definition) is 6. The summed E-state index contributed by atoms with van der Waals surface area (Å²) in [6, 6.07) is 0. The van der Waals surface area contributed by atoms with Gasteiger partial charge in [-0.05, 0) is 0 Å². The Morgan fingerprint density at radius 2 is 2.12 bits per heavy atom. The molecule has 1 aliphatic rings. The largest absolute Gasteiger partial charge is 0.481 e. The van der Waals surface area contributed by atoms with Gasteiger partial charge >= 0.3 is 5.97 Å². The lowest BCUT2D eigenvalue weighted by molar-refractivity contribution is -0.136. The zero-order valence-electron chi connectivity index (χ0n) is 9.00. The number of aliphatic carboxylic acids is 1. The number of aromatic nitrogens is 1. The first-order chi connectivity index (χ1) is 7.96. The summed E-state index contributed by atoms with van der Waals surface area (Å²) in [5.74, 6) is -0.634. The molecule has 0 amide bonds. The number of carbonyl (C=O) groups is 1. The molecule has 6 nitrogen and oxygen atoms in total. The maximum absolute atomic E-state index is 11.3. The highest BCUT2D eigenvalue weighted by Gasteiger charge is 2.23. The van der Waals surface area contributed by atoms with Crippen LogP contribution in [0, 0.1) is 0 Å². The van der Waals surface area contributed by atoms with E-state index in [1.807, 2.05) is 4.90 Å². The van der Waals surface area contributed by atoms with Gasteiger partial charge in [0.25, 0.3) is 0 Å². The molecule has 2 heterocycles. The Kier molecular flexibility index (Phi) is 3.34. The highest BCUT2D eigenvalue weighted by Crippen LogP contribution is 2.22. The molecule has 0 unspecified atom stereocenters. The fraction of sp³-hybridized carbons (Fsp3) is 0.556. The monoisotopic (exact) mass is 276 g/mol. The van der Waals surface area contributed by atoms with Crippen molar-refractivity contribution in [1.82, 2.24) is 4.98 Å². The predicted molar refractivity (Wildman–Crippen MR) is 64.3 cm³/mol. The van der Waals surface area contributed by atoms with Crippen LogP contribution in [-0.2, 0) is 21.1 Å². The van der Waals surface area contributed by atoms with Gasteiger partial charge in [-0.3, -0.25) is 4.79 Å². The molecule has 0 saturated carbocycles. The van der Waals surface area contributed by atoms with E-state index >= 15 is 0 Å². The molecule has 2 rings (SSSR count). The number of nitrogens with zero attached hydrogens (tertiary/aromatic N) is 2. The summed E-state index contributed by atoms with van der Waals surface area (Å²) in [5, 5.41) is 11.0. The van der Waals surface area contributed by atoms with Gasteiger partial charge in [-0.15, -0.1) is 11.3 Å². The molecular weight excluding hydrogens is 264 g/mol. The SMILES string of the molecule is O=C(O)Cc1csc(N2CCS(=O)(=O)CC2)n1. The Labute approximate surface area is 103 Å². The first-order valence-electron chi connectivity index (χ1n) is 5.08. The number of anilines is 1. The maximum Gasteiger partial charge on any atom is 0.309 e. The standard InChI is InChI=1S/C9H12N2O4S2/c12-8(13)5-7-6-16-9(10-7)11-1-3-17(14,15)4-2-11/h6H,1-5H2,(H,12,13). The van der Waals surface area contributed by atoms with Crippen LogP contribution in [0.15, 0.2) is 5.38 Å². The van der Waals surface area contributed by atoms with Crippen LogP contribution in [0.2, 0.25) is 0 Å². The van der Waals surface area contributed by atoms with Gasteiger partial charge < -0.3 is 10.0 Å². The molecule has 0 aliphatic carbocycles. The number of rotatable bonds is 3. The number of sulfone groups is 1. The predicted octanol–water partition coefficient (Wildman–Crippen LogP) is 0.00500. The Balaban J connectivity index is 2.04. The molecule has 0 radical (unpaired) electrons. The van der Waals surface area contributed by atoms with E-state index in [9.17, 15) is 13.2 Å². The smallest absolute Gasteiger partial charge is 0.309 e. The molecule has 0 aromatic carbocycles. The summed E-state index contributed by atoms with van der Waals surface area (Å²) in [6.07, 6.45) is -0.0946. The van der Waals surface area contributed by atoms with Crippen molar-refractivity contribution in [3.8, 4) is 0 Å². The topological polar surface area (TPSA) is 87.6 Å². The second kappa shape index (κ2) is 4.61. The molecule has 94 valence electrons. The van der Waals surface area contributed by atoms with Gasteiger partial charge in [0.2, 0.25) is 0 Å². The second-order valence-corrected chi connectivity index (χ2v) is 6.97. The fourth-order valence-corrected chi connectivity index (χ4v) is 3.66. The van der Waals surface area contributed by atoms with Crippen molar-refractivity contribution in [1.29, 1.82) is 0 Å². The molecule has 8 heteroatoms. The minimum Gasteiger partial charge on any atom is -0.481 e. The van der Waals surface area contributed by atoms with Crippen LogP contribution in [-0.4, -0.2) is 49.1 Å². The molecule has 0 atom stereocenters. The van der Waals surface area contributed by atoms with Gasteiger partial charge in [-0.25, -0.2) is 13.4 Å². The van der Waals surface area contributed by atoms with E-state index in [0.29, 0.717) is 23.9 Å². The van der Waals surface area contributed by atoms with Crippen molar-refractivity contribution in [2.24, 2.45) is 0 Å². The Morgan fingerprint density at radius 1 is 1.47 bits per heavy atom. The number of carboxylic acid groups (broad SMARTS) is 1. The Bertz CT molecular complexity index is 509. The molecule has 1 aliphatic heterocycles. The van der Waals surface area contributed by atoms with E-state index in [0.717, 1.165) is 0 Å². The van der Waals surface area contributed by atoms with Crippen molar-refractivity contribution >= 4 is 32.3 Å². The lowest BCUT2D eigenvalue weighted by atomic mass is 10.3. The van der Waals surface area contributed by atoms with Crippen LogP contribution in [0.4, 0.5) is 5.13 Å². The maximum atomic E-state index is 11.3. The van der Waals surface area contributed by atoms with Gasteiger partial charge in [0.15, 0.2) is 15.0 Å². The summed E-state index contributed by atoms with van der Waals surface area (Å²) < 4.78 is 22.5. The minimum atomic E-state index is -2.89. The van der Waals surface area contributed by atoms with E-state index in [2.05, 4.69) is 4.98 Å². The summed E-state index contributed by atoms with van der Waals surface area (Å²) in [4.78, 5) is 16.6. The molecule has 1 N–H and O–H groups in total. The molecule has 0 bridgehead atoms. The quantitative estimate of drug-likeness (QED) is 0.836. The molecular formula is C9H12N2O4S2. The molecule has 17 heavy (non-hydrogen) atoms. The van der Waals surface area contributed by atoms with E-state index < -0.39 is 15.8 Å². The number of thiazole rings is 1.